The third kappa shape index (κ3) is 1.93. The number of ketones is 1. The van der Waals surface area contributed by atoms with Crippen LogP contribution in [0.4, 0.5) is 5.69 Å². The van der Waals surface area contributed by atoms with Gasteiger partial charge >= 0.3 is 0 Å². The van der Waals surface area contributed by atoms with Gasteiger partial charge in [-0.3, -0.25) is 9.78 Å². The van der Waals surface area contributed by atoms with Gasteiger partial charge in [-0.05, 0) is 37.1 Å². The Bertz CT molecular complexity index is 681. The number of carbonyl (C=O) groups excluding carboxylic acids is 1. The molecule has 0 radical (unpaired) electrons. The van der Waals surface area contributed by atoms with Gasteiger partial charge < -0.3 is 10.5 Å². The Morgan fingerprint density at radius 2 is 2.15 bits per heavy atom. The van der Waals surface area contributed by atoms with Crippen molar-refractivity contribution in [3.8, 4) is 5.75 Å². The topological polar surface area (TPSA) is 65.2 Å². The largest absolute Gasteiger partial charge is 0.484 e. The first-order valence-electron chi connectivity index (χ1n) is 6.57. The van der Waals surface area contributed by atoms with Crippen molar-refractivity contribution < 1.29 is 9.53 Å². The third-order valence-corrected chi connectivity index (χ3v) is 3.87. The number of ether oxygens (including phenoxy) is 1. The fourth-order valence-electron chi connectivity index (χ4n) is 2.49. The molecule has 1 aromatic heterocycles. The number of carbonyl (C=O) groups is 1. The molecule has 0 aliphatic carbocycles. The van der Waals surface area contributed by atoms with Gasteiger partial charge in [0, 0.05) is 23.6 Å². The number of fused-ring (bicyclic) bond motifs is 1. The Morgan fingerprint density at radius 1 is 1.35 bits per heavy atom. The van der Waals surface area contributed by atoms with Gasteiger partial charge in [0.05, 0.1) is 12.0 Å². The molecule has 3 rings (SSSR count). The maximum absolute atomic E-state index is 12.3. The van der Waals surface area contributed by atoms with Gasteiger partial charge in [0.15, 0.2) is 5.78 Å². The Morgan fingerprint density at radius 3 is 2.85 bits per heavy atom. The minimum absolute atomic E-state index is 0.0647. The summed E-state index contributed by atoms with van der Waals surface area (Å²) in [5.74, 6) is 0.719. The molecule has 2 heterocycles. The Balaban J connectivity index is 2.07. The summed E-state index contributed by atoms with van der Waals surface area (Å²) in [6.07, 6.45) is 3.49. The number of benzene rings is 1. The summed E-state index contributed by atoms with van der Waals surface area (Å²) in [7, 11) is 0. The van der Waals surface area contributed by atoms with Crippen molar-refractivity contribution in [2.75, 3.05) is 5.73 Å². The Hall–Kier alpha value is -2.36. The minimum atomic E-state index is -0.273. The zero-order valence-electron chi connectivity index (χ0n) is 11.5. The van der Waals surface area contributed by atoms with Crippen LogP contribution in [0.15, 0.2) is 30.6 Å². The van der Waals surface area contributed by atoms with E-state index in [-0.39, 0.29) is 11.9 Å². The molecular weight excluding hydrogens is 252 g/mol. The molecule has 0 bridgehead atoms. The number of pyridine rings is 1. The molecule has 1 aliphatic heterocycles. The highest BCUT2D eigenvalue weighted by Crippen LogP contribution is 2.39. The van der Waals surface area contributed by atoms with Gasteiger partial charge in [0.25, 0.3) is 0 Å². The van der Waals surface area contributed by atoms with E-state index in [0.717, 1.165) is 16.7 Å². The summed E-state index contributed by atoms with van der Waals surface area (Å²) in [6, 6.07) is 5.49. The van der Waals surface area contributed by atoms with Gasteiger partial charge in [-0.25, -0.2) is 0 Å². The van der Waals surface area contributed by atoms with Crippen molar-refractivity contribution >= 4 is 11.5 Å². The van der Waals surface area contributed by atoms with Gasteiger partial charge in [-0.1, -0.05) is 6.07 Å². The van der Waals surface area contributed by atoms with Crippen molar-refractivity contribution in [3.05, 3.63) is 52.8 Å². The van der Waals surface area contributed by atoms with E-state index in [2.05, 4.69) is 4.98 Å². The molecule has 0 spiro atoms. The highest BCUT2D eigenvalue weighted by molar-refractivity contribution is 6.01. The number of nitrogens with zero attached hydrogens (tertiary/aromatic N) is 1. The lowest BCUT2D eigenvalue weighted by Gasteiger charge is -2.27. The van der Waals surface area contributed by atoms with Crippen molar-refractivity contribution in [1.82, 2.24) is 4.98 Å². The molecule has 2 N–H and O–H groups in total. The molecule has 4 nitrogen and oxygen atoms in total. The molecule has 0 saturated heterocycles. The summed E-state index contributed by atoms with van der Waals surface area (Å²) in [5.41, 5.74) is 9.97. The van der Waals surface area contributed by atoms with Crippen LogP contribution in [0, 0.1) is 13.8 Å². The zero-order valence-corrected chi connectivity index (χ0v) is 11.5. The summed E-state index contributed by atoms with van der Waals surface area (Å²) >= 11 is 0. The standard InChI is InChI=1S/C16H16N2O2/c1-9-10(2)16-12(6-13(9)17)14(19)7-15(20-16)11-4-3-5-18-8-11/h3-6,8,15H,7,17H2,1-2H3. The average Bonchev–Trinajstić information content (AvgIpc) is 2.47. The first-order valence-corrected chi connectivity index (χ1v) is 6.57. The monoisotopic (exact) mass is 268 g/mol. The quantitative estimate of drug-likeness (QED) is 0.807. The number of hydrogen-bond donors (Lipinski definition) is 1. The zero-order chi connectivity index (χ0) is 14.3. The molecule has 1 unspecified atom stereocenters. The lowest BCUT2D eigenvalue weighted by atomic mass is 9.93. The van der Waals surface area contributed by atoms with E-state index in [9.17, 15) is 4.79 Å². The van der Waals surface area contributed by atoms with Crippen LogP contribution in [0.1, 0.15) is 39.6 Å². The van der Waals surface area contributed by atoms with Crippen LogP contribution in [-0.2, 0) is 0 Å². The normalized spacial score (nSPS) is 17.5. The second kappa shape index (κ2) is 4.63. The van der Waals surface area contributed by atoms with Crippen LogP contribution in [0.3, 0.4) is 0 Å². The summed E-state index contributed by atoms with van der Waals surface area (Å²) in [5, 5.41) is 0. The number of rotatable bonds is 1. The minimum Gasteiger partial charge on any atom is -0.484 e. The lowest BCUT2D eigenvalue weighted by Crippen LogP contribution is -2.22. The first kappa shape index (κ1) is 12.7. The second-order valence-corrected chi connectivity index (χ2v) is 5.11. The molecule has 1 aliphatic rings. The van der Waals surface area contributed by atoms with Gasteiger partial charge in [0.1, 0.15) is 11.9 Å². The molecular formula is C16H16N2O2. The van der Waals surface area contributed by atoms with Crippen LogP contribution in [0.5, 0.6) is 5.75 Å². The predicted molar refractivity (Wildman–Crippen MR) is 76.9 cm³/mol. The van der Waals surface area contributed by atoms with E-state index >= 15 is 0 Å². The van der Waals surface area contributed by atoms with E-state index in [0.29, 0.717) is 23.4 Å². The SMILES string of the molecule is Cc1c(N)cc2c(c1C)OC(c1cccnc1)CC2=O. The van der Waals surface area contributed by atoms with E-state index in [1.54, 1.807) is 18.5 Å². The predicted octanol–water partition coefficient (Wildman–Crippen LogP) is 2.99. The molecule has 20 heavy (non-hydrogen) atoms. The molecule has 1 atom stereocenters. The molecule has 1 aromatic carbocycles. The molecule has 2 aromatic rings. The third-order valence-electron chi connectivity index (χ3n) is 3.87. The van der Waals surface area contributed by atoms with Crippen LogP contribution >= 0.6 is 0 Å². The highest BCUT2D eigenvalue weighted by Gasteiger charge is 2.30. The number of nitrogen functional groups attached to an aromatic ring is 1. The molecule has 0 fully saturated rings. The first-order chi connectivity index (χ1) is 9.58. The fourth-order valence-corrected chi connectivity index (χ4v) is 2.49. The molecule has 102 valence electrons. The number of anilines is 1. The van der Waals surface area contributed by atoms with Crippen LogP contribution in [-0.4, -0.2) is 10.8 Å². The van der Waals surface area contributed by atoms with E-state index in [1.807, 2.05) is 26.0 Å². The number of nitrogens with two attached hydrogens (primary N) is 1. The van der Waals surface area contributed by atoms with Crippen molar-refractivity contribution in [1.29, 1.82) is 0 Å². The summed E-state index contributed by atoms with van der Waals surface area (Å²) in [4.78, 5) is 16.4. The fraction of sp³-hybridized carbons (Fsp3) is 0.250. The highest BCUT2D eigenvalue weighted by atomic mass is 16.5. The van der Waals surface area contributed by atoms with Crippen molar-refractivity contribution in [3.63, 3.8) is 0 Å². The van der Waals surface area contributed by atoms with Crippen molar-refractivity contribution in [2.24, 2.45) is 0 Å². The number of aromatic nitrogens is 1. The van der Waals surface area contributed by atoms with Gasteiger partial charge in [-0.15, -0.1) is 0 Å². The van der Waals surface area contributed by atoms with Gasteiger partial charge in [0.2, 0.25) is 0 Å². The second-order valence-electron chi connectivity index (χ2n) is 5.11. The number of hydrogen-bond acceptors (Lipinski definition) is 4. The molecule has 0 saturated carbocycles. The van der Waals surface area contributed by atoms with Crippen LogP contribution < -0.4 is 10.5 Å². The maximum Gasteiger partial charge on any atom is 0.170 e. The average molecular weight is 268 g/mol. The number of Topliss-reactive ketones (excluding diaryl/α,β-unsaturated/α-hetero) is 1. The molecule has 0 amide bonds. The van der Waals surface area contributed by atoms with E-state index < -0.39 is 0 Å². The van der Waals surface area contributed by atoms with Crippen LogP contribution in [0.2, 0.25) is 0 Å². The van der Waals surface area contributed by atoms with E-state index in [1.165, 1.54) is 0 Å². The Labute approximate surface area is 117 Å². The van der Waals surface area contributed by atoms with Gasteiger partial charge in [-0.2, -0.15) is 0 Å². The van der Waals surface area contributed by atoms with Crippen molar-refractivity contribution in [2.45, 2.75) is 26.4 Å². The lowest BCUT2D eigenvalue weighted by molar-refractivity contribution is 0.0848. The maximum atomic E-state index is 12.3. The Kier molecular flexibility index (Phi) is 2.93. The van der Waals surface area contributed by atoms with E-state index in [4.69, 9.17) is 10.5 Å². The summed E-state index contributed by atoms with van der Waals surface area (Å²) < 4.78 is 6.04. The van der Waals surface area contributed by atoms with Crippen LogP contribution in [0.25, 0.3) is 0 Å². The molecule has 4 heteroatoms. The summed E-state index contributed by atoms with van der Waals surface area (Å²) in [6.45, 7) is 3.87. The smallest absolute Gasteiger partial charge is 0.170 e.